The monoisotopic (exact) mass is 431 g/mol. The first-order valence-electron chi connectivity index (χ1n) is 10.1. The van der Waals surface area contributed by atoms with Crippen molar-refractivity contribution in [2.75, 3.05) is 38.2 Å². The molecule has 0 radical (unpaired) electrons. The van der Waals surface area contributed by atoms with E-state index in [1.807, 2.05) is 18.2 Å². The number of morpholine rings is 1. The van der Waals surface area contributed by atoms with Crippen LogP contribution in [0.3, 0.4) is 0 Å². The molecule has 2 aromatic rings. The topological polar surface area (TPSA) is 102 Å². The maximum Gasteiger partial charge on any atom is 0.270 e. The van der Waals surface area contributed by atoms with Gasteiger partial charge in [0, 0.05) is 37.2 Å². The maximum atomic E-state index is 13.3. The van der Waals surface area contributed by atoms with Crippen LogP contribution in [0.2, 0.25) is 0 Å². The minimum Gasteiger partial charge on any atom is -0.383 e. The van der Waals surface area contributed by atoms with E-state index in [4.69, 9.17) is 4.74 Å². The number of hydrogen-bond acceptors (Lipinski definition) is 6. The van der Waals surface area contributed by atoms with E-state index in [0.717, 1.165) is 25.3 Å². The van der Waals surface area contributed by atoms with Crippen LogP contribution in [-0.4, -0.2) is 50.5 Å². The van der Waals surface area contributed by atoms with Gasteiger partial charge in [0.25, 0.3) is 5.69 Å². The molecule has 1 aliphatic heterocycles. The van der Waals surface area contributed by atoms with Crippen molar-refractivity contribution in [3.63, 3.8) is 0 Å². The molecule has 8 nitrogen and oxygen atoms in total. The Bertz CT molecular complexity index is 1020. The second-order valence-corrected chi connectivity index (χ2v) is 9.71. The highest BCUT2D eigenvalue weighted by Gasteiger charge is 2.39. The number of sulfonamides is 1. The lowest BCUT2D eigenvalue weighted by molar-refractivity contribution is -0.385. The number of rotatable bonds is 7. The molecule has 30 heavy (non-hydrogen) atoms. The highest BCUT2D eigenvalue weighted by molar-refractivity contribution is 7.89. The van der Waals surface area contributed by atoms with Crippen molar-refractivity contribution >= 4 is 21.4 Å². The van der Waals surface area contributed by atoms with E-state index >= 15 is 0 Å². The summed E-state index contributed by atoms with van der Waals surface area (Å²) in [5, 5.41) is 14.6. The van der Waals surface area contributed by atoms with Crippen LogP contribution in [0.1, 0.15) is 24.8 Å². The van der Waals surface area contributed by atoms with E-state index in [0.29, 0.717) is 25.4 Å². The summed E-state index contributed by atoms with van der Waals surface area (Å²) < 4.78 is 33.1. The van der Waals surface area contributed by atoms with Crippen molar-refractivity contribution in [2.45, 2.75) is 29.6 Å². The van der Waals surface area contributed by atoms with Crippen molar-refractivity contribution < 1.29 is 18.1 Å². The third-order valence-corrected chi connectivity index (χ3v) is 8.02. The summed E-state index contributed by atoms with van der Waals surface area (Å²) >= 11 is 0. The van der Waals surface area contributed by atoms with E-state index < -0.39 is 14.9 Å². The number of benzene rings is 2. The Morgan fingerprint density at radius 2 is 1.80 bits per heavy atom. The van der Waals surface area contributed by atoms with Crippen molar-refractivity contribution in [2.24, 2.45) is 0 Å². The molecular weight excluding hydrogens is 406 g/mol. The van der Waals surface area contributed by atoms with Gasteiger partial charge >= 0.3 is 0 Å². The van der Waals surface area contributed by atoms with Gasteiger partial charge in [-0.3, -0.25) is 10.1 Å². The molecule has 160 valence electrons. The first-order chi connectivity index (χ1) is 14.4. The summed E-state index contributed by atoms with van der Waals surface area (Å²) in [5.74, 6) is 0. The second kappa shape index (κ2) is 8.33. The van der Waals surface area contributed by atoms with Gasteiger partial charge in [0.1, 0.15) is 4.90 Å². The molecule has 9 heteroatoms. The van der Waals surface area contributed by atoms with Gasteiger partial charge in [0.2, 0.25) is 10.0 Å². The molecule has 1 saturated carbocycles. The molecule has 1 aliphatic carbocycles. The van der Waals surface area contributed by atoms with E-state index in [1.165, 1.54) is 22.0 Å². The predicted molar refractivity (Wildman–Crippen MR) is 113 cm³/mol. The number of non-ortho nitro benzene ring substituents is 1. The summed E-state index contributed by atoms with van der Waals surface area (Å²) in [7, 11) is -3.88. The molecule has 2 fully saturated rings. The van der Waals surface area contributed by atoms with Crippen LogP contribution < -0.4 is 5.32 Å². The van der Waals surface area contributed by atoms with Gasteiger partial charge in [-0.15, -0.1) is 0 Å². The SMILES string of the molecule is O=[N+]([O-])c1ccc(NCC2(c3ccccc3)CCC2)c(S(=O)(=O)N2CCOCC2)c1. The molecule has 1 saturated heterocycles. The van der Waals surface area contributed by atoms with Crippen LogP contribution in [0.15, 0.2) is 53.4 Å². The van der Waals surface area contributed by atoms with Crippen LogP contribution in [0, 0.1) is 10.1 Å². The fourth-order valence-electron chi connectivity index (χ4n) is 4.14. The molecule has 2 aliphatic rings. The lowest BCUT2D eigenvalue weighted by atomic mass is 9.64. The summed E-state index contributed by atoms with van der Waals surface area (Å²) in [6.07, 6.45) is 3.15. The van der Waals surface area contributed by atoms with Crippen LogP contribution in [0.4, 0.5) is 11.4 Å². The molecule has 2 aromatic carbocycles. The first kappa shape index (κ1) is 20.8. The summed E-state index contributed by atoms with van der Waals surface area (Å²) in [6, 6.07) is 14.2. The quantitative estimate of drug-likeness (QED) is 0.534. The first-order valence-corrected chi connectivity index (χ1v) is 11.5. The molecule has 1 heterocycles. The van der Waals surface area contributed by atoms with Gasteiger partial charge < -0.3 is 10.1 Å². The lowest BCUT2D eigenvalue weighted by Gasteiger charge is -2.43. The van der Waals surface area contributed by atoms with Crippen LogP contribution >= 0.6 is 0 Å². The van der Waals surface area contributed by atoms with Crippen molar-refractivity contribution in [3.8, 4) is 0 Å². The molecule has 4 rings (SSSR count). The molecule has 0 amide bonds. The second-order valence-electron chi connectivity index (χ2n) is 7.81. The van der Waals surface area contributed by atoms with E-state index in [2.05, 4.69) is 17.4 Å². The van der Waals surface area contributed by atoms with Gasteiger partial charge in [0.05, 0.1) is 23.8 Å². The smallest absolute Gasteiger partial charge is 0.270 e. The van der Waals surface area contributed by atoms with Gasteiger partial charge in [-0.05, 0) is 24.5 Å². The minimum atomic E-state index is -3.88. The van der Waals surface area contributed by atoms with E-state index in [-0.39, 0.29) is 29.1 Å². The molecule has 0 bridgehead atoms. The largest absolute Gasteiger partial charge is 0.383 e. The van der Waals surface area contributed by atoms with Crippen molar-refractivity contribution in [3.05, 3.63) is 64.2 Å². The van der Waals surface area contributed by atoms with Crippen LogP contribution in [0.5, 0.6) is 0 Å². The maximum absolute atomic E-state index is 13.3. The van der Waals surface area contributed by atoms with Crippen LogP contribution in [0.25, 0.3) is 0 Å². The van der Waals surface area contributed by atoms with Gasteiger partial charge in [0.15, 0.2) is 0 Å². The Labute approximate surface area is 176 Å². The Morgan fingerprint density at radius 3 is 2.40 bits per heavy atom. The van der Waals surface area contributed by atoms with Gasteiger partial charge in [-0.2, -0.15) is 4.31 Å². The zero-order valence-electron chi connectivity index (χ0n) is 16.6. The molecule has 0 atom stereocenters. The summed E-state index contributed by atoms with van der Waals surface area (Å²) in [5.41, 5.74) is 1.33. The molecule has 0 unspecified atom stereocenters. The average molecular weight is 432 g/mol. The molecule has 0 aromatic heterocycles. The van der Waals surface area contributed by atoms with E-state index in [1.54, 1.807) is 0 Å². The fraction of sp³-hybridized carbons (Fsp3) is 0.429. The third kappa shape index (κ3) is 3.92. The molecular formula is C21H25N3O5S. The highest BCUT2D eigenvalue weighted by Crippen LogP contribution is 2.44. The number of nitrogens with zero attached hydrogens (tertiary/aromatic N) is 2. The molecule has 0 spiro atoms. The van der Waals surface area contributed by atoms with Gasteiger partial charge in [-0.1, -0.05) is 36.8 Å². The highest BCUT2D eigenvalue weighted by atomic mass is 32.2. The Balaban J connectivity index is 1.65. The predicted octanol–water partition coefficient (Wildman–Crippen LogP) is 3.15. The summed E-state index contributed by atoms with van der Waals surface area (Å²) in [6.45, 7) is 1.67. The molecule has 1 N–H and O–H groups in total. The number of hydrogen-bond donors (Lipinski definition) is 1. The lowest BCUT2D eigenvalue weighted by Crippen LogP contribution is -2.42. The van der Waals surface area contributed by atoms with Crippen molar-refractivity contribution in [1.29, 1.82) is 0 Å². The van der Waals surface area contributed by atoms with Crippen LogP contribution in [-0.2, 0) is 20.2 Å². The van der Waals surface area contributed by atoms with Crippen molar-refractivity contribution in [1.82, 2.24) is 4.31 Å². The number of anilines is 1. The zero-order valence-corrected chi connectivity index (χ0v) is 17.4. The standard InChI is InChI=1S/C21H25N3O5S/c25-24(26)18-7-8-19(20(15-18)30(27,28)23-11-13-29-14-12-23)22-16-21(9-4-10-21)17-5-2-1-3-6-17/h1-3,5-8,15,22H,4,9-14,16H2. The zero-order chi connectivity index (χ0) is 21.2. The van der Waals surface area contributed by atoms with E-state index in [9.17, 15) is 18.5 Å². The average Bonchev–Trinajstić information content (AvgIpc) is 2.74. The summed E-state index contributed by atoms with van der Waals surface area (Å²) in [4.78, 5) is 10.7. The normalized spacial score (nSPS) is 19.1. The Kier molecular flexibility index (Phi) is 5.77. The third-order valence-electron chi connectivity index (χ3n) is 6.08. The van der Waals surface area contributed by atoms with Gasteiger partial charge in [-0.25, -0.2) is 8.42 Å². The fourth-order valence-corrected chi connectivity index (χ4v) is 5.73. The Morgan fingerprint density at radius 1 is 1.10 bits per heavy atom. The Hall–Kier alpha value is -2.49. The number of nitro benzene ring substituents is 1. The minimum absolute atomic E-state index is 0.0525. The number of nitrogens with one attached hydrogen (secondary N) is 1. The number of nitro groups is 1. The number of ether oxygens (including phenoxy) is 1.